The largest absolute Gasteiger partial charge is 0.455 e. The highest BCUT2D eigenvalue weighted by Crippen LogP contribution is 2.20. The monoisotopic (exact) mass is 245 g/mol. The lowest BCUT2D eigenvalue weighted by atomic mass is 10.2. The number of aryl methyl sites for hydroxylation is 1. The Hall–Kier alpha value is -1.96. The Bertz CT molecular complexity index is 430. The van der Waals surface area contributed by atoms with E-state index >= 15 is 0 Å². The van der Waals surface area contributed by atoms with Crippen molar-refractivity contribution < 1.29 is 4.74 Å². The van der Waals surface area contributed by atoms with Crippen molar-refractivity contribution in [3.63, 3.8) is 0 Å². The second-order valence-corrected chi connectivity index (χ2v) is 3.38. The first kappa shape index (κ1) is 16.0. The van der Waals surface area contributed by atoms with Gasteiger partial charge in [-0.1, -0.05) is 44.7 Å². The average molecular weight is 245 g/mol. The van der Waals surface area contributed by atoms with Crippen LogP contribution in [-0.4, -0.2) is 0 Å². The first-order valence-electron chi connectivity index (χ1n) is 6.17. The Labute approximate surface area is 110 Å². The Kier molecular flexibility index (Phi) is 8.12. The van der Waals surface area contributed by atoms with Gasteiger partial charge in [-0.05, 0) is 37.6 Å². The molecule has 0 saturated carbocycles. The maximum atomic E-state index is 5.83. The highest BCUT2D eigenvalue weighted by molar-refractivity contribution is 5.36. The van der Waals surface area contributed by atoms with Crippen molar-refractivity contribution in [3.05, 3.63) is 66.1 Å². The lowest BCUT2D eigenvalue weighted by molar-refractivity contribution is 0.430. The number of para-hydroxylation sites is 1. The van der Waals surface area contributed by atoms with E-state index < -0.39 is 0 Å². The van der Waals surface area contributed by atoms with Crippen molar-refractivity contribution in [2.75, 3.05) is 0 Å². The van der Waals surface area contributed by atoms with Crippen LogP contribution in [0.5, 0.6) is 5.75 Å². The van der Waals surface area contributed by atoms with Crippen LogP contribution in [0, 0.1) is 6.92 Å². The number of hydrogen-bond acceptors (Lipinski definition) is 2. The van der Waals surface area contributed by atoms with Crippen LogP contribution in [0.4, 0.5) is 0 Å². The summed E-state index contributed by atoms with van der Waals surface area (Å²) >= 11 is 0. The lowest BCUT2D eigenvalue weighted by Gasteiger charge is -2.11. The standard InChI is InChI=1S/C14H17NO.C2H6/c1-4-8-12(15)13(5-2)16-14-10-7-6-9-11(14)3;1-2/h4-10H,1,15H2,2-3H3;1-2H3/b12-8+,13-5+;. The molecule has 0 bridgehead atoms. The Morgan fingerprint density at radius 1 is 1.28 bits per heavy atom. The van der Waals surface area contributed by atoms with Crippen LogP contribution in [0.1, 0.15) is 26.3 Å². The highest BCUT2D eigenvalue weighted by atomic mass is 16.5. The molecule has 0 amide bonds. The summed E-state index contributed by atoms with van der Waals surface area (Å²) < 4.78 is 5.73. The SMILES string of the molecule is C=C/C=C(N)\C(=C/C)Oc1ccccc1C.CC. The second kappa shape index (κ2) is 9.11. The minimum Gasteiger partial charge on any atom is -0.455 e. The van der Waals surface area contributed by atoms with E-state index in [0.717, 1.165) is 11.3 Å². The van der Waals surface area contributed by atoms with Gasteiger partial charge in [-0.2, -0.15) is 0 Å². The van der Waals surface area contributed by atoms with Gasteiger partial charge in [0.05, 0.1) is 5.70 Å². The molecular weight excluding hydrogens is 222 g/mol. The van der Waals surface area contributed by atoms with Crippen LogP contribution < -0.4 is 10.5 Å². The van der Waals surface area contributed by atoms with E-state index in [1.165, 1.54) is 0 Å². The molecule has 18 heavy (non-hydrogen) atoms. The topological polar surface area (TPSA) is 35.2 Å². The minimum absolute atomic E-state index is 0.570. The summed E-state index contributed by atoms with van der Waals surface area (Å²) in [6.45, 7) is 11.5. The predicted molar refractivity (Wildman–Crippen MR) is 79.4 cm³/mol. The van der Waals surface area contributed by atoms with Crippen LogP contribution in [-0.2, 0) is 0 Å². The van der Waals surface area contributed by atoms with E-state index in [1.807, 2.05) is 58.0 Å². The zero-order valence-electron chi connectivity index (χ0n) is 11.7. The third kappa shape index (κ3) is 4.91. The second-order valence-electron chi connectivity index (χ2n) is 3.38. The van der Waals surface area contributed by atoms with Gasteiger partial charge in [-0.3, -0.25) is 0 Å². The molecular formula is C16H23NO. The van der Waals surface area contributed by atoms with Crippen molar-refractivity contribution in [1.82, 2.24) is 0 Å². The minimum atomic E-state index is 0.570. The zero-order valence-corrected chi connectivity index (χ0v) is 11.7. The molecule has 0 fully saturated rings. The van der Waals surface area contributed by atoms with E-state index in [0.29, 0.717) is 11.5 Å². The summed E-state index contributed by atoms with van der Waals surface area (Å²) in [6, 6.07) is 7.82. The van der Waals surface area contributed by atoms with Crippen LogP contribution in [0.3, 0.4) is 0 Å². The van der Waals surface area contributed by atoms with Crippen LogP contribution in [0.15, 0.2) is 60.5 Å². The molecule has 0 spiro atoms. The van der Waals surface area contributed by atoms with Crippen LogP contribution in [0.2, 0.25) is 0 Å². The summed E-state index contributed by atoms with van der Waals surface area (Å²) in [4.78, 5) is 0. The van der Waals surface area contributed by atoms with Crippen LogP contribution >= 0.6 is 0 Å². The molecule has 2 N–H and O–H groups in total. The van der Waals surface area contributed by atoms with Crippen molar-refractivity contribution >= 4 is 0 Å². The molecule has 1 rings (SSSR count). The molecule has 0 aliphatic carbocycles. The molecule has 0 radical (unpaired) electrons. The number of nitrogens with two attached hydrogens (primary N) is 1. The molecule has 0 saturated heterocycles. The number of allylic oxidation sites excluding steroid dienone is 3. The van der Waals surface area contributed by atoms with Crippen molar-refractivity contribution in [3.8, 4) is 5.75 Å². The number of rotatable bonds is 4. The van der Waals surface area contributed by atoms with Gasteiger partial charge in [0.15, 0.2) is 0 Å². The van der Waals surface area contributed by atoms with Gasteiger partial charge in [0.1, 0.15) is 11.5 Å². The van der Waals surface area contributed by atoms with E-state index in [4.69, 9.17) is 10.5 Å². The molecule has 0 aliphatic rings. The molecule has 0 heterocycles. The van der Waals surface area contributed by atoms with Crippen molar-refractivity contribution in [2.24, 2.45) is 5.73 Å². The Morgan fingerprint density at radius 3 is 2.39 bits per heavy atom. The normalized spacial score (nSPS) is 11.3. The molecule has 0 unspecified atom stereocenters. The van der Waals surface area contributed by atoms with Crippen molar-refractivity contribution in [2.45, 2.75) is 27.7 Å². The summed E-state index contributed by atoms with van der Waals surface area (Å²) in [5.41, 5.74) is 7.48. The molecule has 0 aliphatic heterocycles. The molecule has 1 aromatic carbocycles. The summed E-state index contributed by atoms with van der Waals surface area (Å²) in [6.07, 6.45) is 5.19. The molecule has 0 aromatic heterocycles. The van der Waals surface area contributed by atoms with E-state index in [1.54, 1.807) is 12.2 Å². The summed E-state index contributed by atoms with van der Waals surface area (Å²) in [5, 5.41) is 0. The molecule has 2 nitrogen and oxygen atoms in total. The first-order valence-corrected chi connectivity index (χ1v) is 6.17. The molecule has 1 aromatic rings. The quantitative estimate of drug-likeness (QED) is 0.633. The maximum absolute atomic E-state index is 5.83. The van der Waals surface area contributed by atoms with Crippen LogP contribution in [0.25, 0.3) is 0 Å². The molecule has 2 heteroatoms. The number of benzene rings is 1. The van der Waals surface area contributed by atoms with Gasteiger partial charge in [0, 0.05) is 0 Å². The van der Waals surface area contributed by atoms with Gasteiger partial charge < -0.3 is 10.5 Å². The molecule has 98 valence electrons. The fraction of sp³-hybridized carbons (Fsp3) is 0.250. The fourth-order valence-corrected chi connectivity index (χ4v) is 1.28. The lowest BCUT2D eigenvalue weighted by Crippen LogP contribution is -2.07. The van der Waals surface area contributed by atoms with E-state index in [9.17, 15) is 0 Å². The van der Waals surface area contributed by atoms with Gasteiger partial charge in [0.2, 0.25) is 0 Å². The summed E-state index contributed by atoms with van der Waals surface area (Å²) in [5.74, 6) is 1.46. The van der Waals surface area contributed by atoms with Crippen molar-refractivity contribution in [1.29, 1.82) is 0 Å². The third-order valence-electron chi connectivity index (χ3n) is 2.16. The smallest absolute Gasteiger partial charge is 0.146 e. The Morgan fingerprint density at radius 2 is 1.89 bits per heavy atom. The first-order chi connectivity index (χ1) is 8.69. The summed E-state index contributed by atoms with van der Waals surface area (Å²) in [7, 11) is 0. The highest BCUT2D eigenvalue weighted by Gasteiger charge is 2.04. The van der Waals surface area contributed by atoms with Gasteiger partial charge in [-0.25, -0.2) is 0 Å². The van der Waals surface area contributed by atoms with Gasteiger partial charge >= 0.3 is 0 Å². The average Bonchev–Trinajstić information content (AvgIpc) is 2.40. The Balaban J connectivity index is 0.00000137. The number of hydrogen-bond donors (Lipinski definition) is 1. The fourth-order valence-electron chi connectivity index (χ4n) is 1.28. The van der Waals surface area contributed by atoms with E-state index in [-0.39, 0.29) is 0 Å². The van der Waals surface area contributed by atoms with Gasteiger partial charge in [-0.15, -0.1) is 0 Å². The molecule has 0 atom stereocenters. The zero-order chi connectivity index (χ0) is 14.0. The van der Waals surface area contributed by atoms with Gasteiger partial charge in [0.25, 0.3) is 0 Å². The predicted octanol–water partition coefficient (Wildman–Crippen LogP) is 4.33. The number of ether oxygens (including phenoxy) is 1. The third-order valence-corrected chi connectivity index (χ3v) is 2.16. The maximum Gasteiger partial charge on any atom is 0.146 e. The van der Waals surface area contributed by atoms with E-state index in [2.05, 4.69) is 6.58 Å².